The molecule has 80 valence electrons. The molecule has 1 aliphatic rings. The SMILES string of the molecule is CCOC(=O)[C@@H]1CC(C)(C)CCC1=O. The molecule has 0 saturated heterocycles. The van der Waals surface area contributed by atoms with Gasteiger partial charge in [-0.05, 0) is 25.2 Å². The van der Waals surface area contributed by atoms with Crippen LogP contribution in [-0.4, -0.2) is 18.4 Å². The minimum Gasteiger partial charge on any atom is -0.465 e. The van der Waals surface area contributed by atoms with Crippen molar-refractivity contribution in [1.82, 2.24) is 0 Å². The first-order chi connectivity index (χ1) is 6.46. The minimum atomic E-state index is -0.515. The zero-order chi connectivity index (χ0) is 10.8. The van der Waals surface area contributed by atoms with E-state index in [2.05, 4.69) is 13.8 Å². The van der Waals surface area contributed by atoms with E-state index in [1.807, 2.05) is 0 Å². The number of esters is 1. The third-order valence-electron chi connectivity index (χ3n) is 2.76. The summed E-state index contributed by atoms with van der Waals surface area (Å²) in [5.74, 6) is -0.813. The highest BCUT2D eigenvalue weighted by Crippen LogP contribution is 2.37. The van der Waals surface area contributed by atoms with Crippen LogP contribution < -0.4 is 0 Å². The Balaban J connectivity index is 2.66. The van der Waals surface area contributed by atoms with Crippen LogP contribution in [0, 0.1) is 11.3 Å². The molecule has 0 aromatic heterocycles. The van der Waals surface area contributed by atoms with Gasteiger partial charge in [0.25, 0.3) is 0 Å². The van der Waals surface area contributed by atoms with E-state index in [1.54, 1.807) is 6.92 Å². The third kappa shape index (κ3) is 2.56. The average molecular weight is 198 g/mol. The van der Waals surface area contributed by atoms with Gasteiger partial charge < -0.3 is 4.74 Å². The van der Waals surface area contributed by atoms with Crippen LogP contribution in [0.2, 0.25) is 0 Å². The lowest BCUT2D eigenvalue weighted by Gasteiger charge is -2.32. The van der Waals surface area contributed by atoms with Gasteiger partial charge in [0, 0.05) is 6.42 Å². The maximum atomic E-state index is 11.5. The first-order valence-corrected chi connectivity index (χ1v) is 5.15. The molecular weight excluding hydrogens is 180 g/mol. The minimum absolute atomic E-state index is 0.0442. The Hall–Kier alpha value is -0.860. The van der Waals surface area contributed by atoms with E-state index in [9.17, 15) is 9.59 Å². The second kappa shape index (κ2) is 4.11. The number of rotatable bonds is 2. The highest BCUT2D eigenvalue weighted by Gasteiger charge is 2.38. The van der Waals surface area contributed by atoms with E-state index < -0.39 is 5.92 Å². The fourth-order valence-corrected chi connectivity index (χ4v) is 1.86. The molecule has 14 heavy (non-hydrogen) atoms. The molecule has 0 unspecified atom stereocenters. The number of hydrogen-bond donors (Lipinski definition) is 0. The van der Waals surface area contributed by atoms with Crippen molar-refractivity contribution in [3.8, 4) is 0 Å². The number of ether oxygens (including phenoxy) is 1. The van der Waals surface area contributed by atoms with E-state index in [-0.39, 0.29) is 17.2 Å². The van der Waals surface area contributed by atoms with Gasteiger partial charge in [-0.3, -0.25) is 9.59 Å². The number of hydrogen-bond acceptors (Lipinski definition) is 3. The zero-order valence-corrected chi connectivity index (χ0v) is 9.13. The molecule has 0 bridgehead atoms. The summed E-state index contributed by atoms with van der Waals surface area (Å²) in [5, 5.41) is 0. The van der Waals surface area contributed by atoms with Gasteiger partial charge in [0.1, 0.15) is 11.7 Å². The van der Waals surface area contributed by atoms with Crippen molar-refractivity contribution in [2.75, 3.05) is 6.61 Å². The molecule has 3 nitrogen and oxygen atoms in total. The summed E-state index contributed by atoms with van der Waals surface area (Å²) >= 11 is 0. The Morgan fingerprint density at radius 3 is 2.79 bits per heavy atom. The van der Waals surface area contributed by atoms with Gasteiger partial charge in [0.2, 0.25) is 0 Å². The maximum absolute atomic E-state index is 11.5. The van der Waals surface area contributed by atoms with Crippen LogP contribution in [-0.2, 0) is 14.3 Å². The fraction of sp³-hybridized carbons (Fsp3) is 0.818. The van der Waals surface area contributed by atoms with Crippen molar-refractivity contribution in [2.45, 2.75) is 40.0 Å². The normalized spacial score (nSPS) is 25.9. The summed E-state index contributed by atoms with van der Waals surface area (Å²) in [4.78, 5) is 23.0. The second-order valence-electron chi connectivity index (χ2n) is 4.64. The quantitative estimate of drug-likeness (QED) is 0.503. The molecular formula is C11H18O3. The van der Waals surface area contributed by atoms with Gasteiger partial charge in [-0.1, -0.05) is 13.8 Å². The summed E-state index contributed by atoms with van der Waals surface area (Å²) in [7, 11) is 0. The summed E-state index contributed by atoms with van der Waals surface area (Å²) in [6.07, 6.45) is 2.02. The predicted molar refractivity (Wildman–Crippen MR) is 52.8 cm³/mol. The van der Waals surface area contributed by atoms with E-state index >= 15 is 0 Å². The lowest BCUT2D eigenvalue weighted by molar-refractivity contribution is -0.154. The number of Topliss-reactive ketones (excluding diaryl/α,β-unsaturated/α-hetero) is 1. The molecule has 0 spiro atoms. The summed E-state index contributed by atoms with van der Waals surface area (Å²) in [6, 6.07) is 0. The van der Waals surface area contributed by atoms with Gasteiger partial charge in [0.05, 0.1) is 6.61 Å². The van der Waals surface area contributed by atoms with Crippen molar-refractivity contribution in [3.05, 3.63) is 0 Å². The molecule has 1 rings (SSSR count). The molecule has 0 radical (unpaired) electrons. The lowest BCUT2D eigenvalue weighted by Crippen LogP contribution is -2.36. The summed E-state index contributed by atoms with van der Waals surface area (Å²) < 4.78 is 4.89. The van der Waals surface area contributed by atoms with Crippen molar-refractivity contribution >= 4 is 11.8 Å². The van der Waals surface area contributed by atoms with Crippen molar-refractivity contribution in [1.29, 1.82) is 0 Å². The van der Waals surface area contributed by atoms with Crippen LogP contribution in [0.25, 0.3) is 0 Å². The van der Waals surface area contributed by atoms with E-state index in [0.717, 1.165) is 6.42 Å². The van der Waals surface area contributed by atoms with Gasteiger partial charge >= 0.3 is 5.97 Å². The molecule has 0 N–H and O–H groups in total. The molecule has 0 amide bonds. The Morgan fingerprint density at radius 2 is 2.21 bits per heavy atom. The van der Waals surface area contributed by atoms with Gasteiger partial charge in [-0.25, -0.2) is 0 Å². The monoisotopic (exact) mass is 198 g/mol. The first-order valence-electron chi connectivity index (χ1n) is 5.15. The van der Waals surface area contributed by atoms with Crippen LogP contribution in [0.4, 0.5) is 0 Å². The topological polar surface area (TPSA) is 43.4 Å². The molecule has 0 aliphatic heterocycles. The average Bonchev–Trinajstić information content (AvgIpc) is 2.10. The standard InChI is InChI=1S/C11H18O3/c1-4-14-10(13)8-7-11(2,3)6-5-9(8)12/h8H,4-7H2,1-3H3/t8-/m1/s1. The van der Waals surface area contributed by atoms with Crippen molar-refractivity contribution < 1.29 is 14.3 Å². The van der Waals surface area contributed by atoms with Gasteiger partial charge in [-0.2, -0.15) is 0 Å². The third-order valence-corrected chi connectivity index (χ3v) is 2.76. The Kier molecular flexibility index (Phi) is 3.29. The summed E-state index contributed by atoms with van der Waals surface area (Å²) in [5.41, 5.74) is 0.0886. The Labute approximate surface area is 84.8 Å². The first kappa shape index (κ1) is 11.2. The molecule has 1 fully saturated rings. The fourth-order valence-electron chi connectivity index (χ4n) is 1.86. The molecule has 1 aliphatic carbocycles. The molecule has 0 heterocycles. The molecule has 3 heteroatoms. The van der Waals surface area contributed by atoms with Crippen LogP contribution in [0.1, 0.15) is 40.0 Å². The van der Waals surface area contributed by atoms with E-state index in [4.69, 9.17) is 4.74 Å². The number of carbonyl (C=O) groups is 2. The van der Waals surface area contributed by atoms with Gasteiger partial charge in [-0.15, -0.1) is 0 Å². The lowest BCUT2D eigenvalue weighted by atomic mass is 9.71. The molecule has 0 aromatic carbocycles. The Morgan fingerprint density at radius 1 is 1.57 bits per heavy atom. The molecule has 0 aromatic rings. The highest BCUT2D eigenvalue weighted by molar-refractivity contribution is 5.99. The maximum Gasteiger partial charge on any atom is 0.316 e. The predicted octanol–water partition coefficient (Wildman–Crippen LogP) is 1.94. The zero-order valence-electron chi connectivity index (χ0n) is 9.13. The largest absolute Gasteiger partial charge is 0.465 e. The molecule has 1 atom stereocenters. The van der Waals surface area contributed by atoms with Crippen LogP contribution in [0.15, 0.2) is 0 Å². The number of carbonyl (C=O) groups excluding carboxylic acids is 2. The van der Waals surface area contributed by atoms with E-state index in [1.165, 1.54) is 0 Å². The highest BCUT2D eigenvalue weighted by atomic mass is 16.5. The van der Waals surface area contributed by atoms with Gasteiger partial charge in [0.15, 0.2) is 0 Å². The summed E-state index contributed by atoms with van der Waals surface area (Å²) in [6.45, 7) is 6.29. The number of ketones is 1. The molecule has 1 saturated carbocycles. The van der Waals surface area contributed by atoms with E-state index in [0.29, 0.717) is 19.4 Å². The van der Waals surface area contributed by atoms with Crippen LogP contribution in [0.5, 0.6) is 0 Å². The van der Waals surface area contributed by atoms with Crippen LogP contribution in [0.3, 0.4) is 0 Å². The van der Waals surface area contributed by atoms with Crippen LogP contribution >= 0.6 is 0 Å². The Bertz CT molecular complexity index is 243. The van der Waals surface area contributed by atoms with Crippen molar-refractivity contribution in [3.63, 3.8) is 0 Å². The van der Waals surface area contributed by atoms with Crippen molar-refractivity contribution in [2.24, 2.45) is 11.3 Å². The smallest absolute Gasteiger partial charge is 0.316 e. The second-order valence-corrected chi connectivity index (χ2v) is 4.64.